The quantitative estimate of drug-likeness (QED) is 0.493. The molecule has 1 aromatic carbocycles. The number of carbonyl (C=O) groups is 1. The highest BCUT2D eigenvalue weighted by Crippen LogP contribution is 2.23. The number of imidazole rings is 1. The Kier molecular flexibility index (Phi) is 7.11. The second-order valence-electron chi connectivity index (χ2n) is 8.72. The molecular formula is C22H28Cl2N8O3. The molecule has 2 N–H and O–H groups in total. The molecule has 1 fully saturated rings. The minimum atomic E-state index is -0.520. The van der Waals surface area contributed by atoms with Gasteiger partial charge in [-0.25, -0.2) is 4.79 Å². The van der Waals surface area contributed by atoms with Gasteiger partial charge in [-0.3, -0.25) is 23.6 Å². The van der Waals surface area contributed by atoms with E-state index in [0.29, 0.717) is 23.7 Å². The van der Waals surface area contributed by atoms with Gasteiger partial charge in [-0.1, -0.05) is 17.7 Å². The number of aryl methyl sites for hydroxylation is 1. The fraction of sp³-hybridized carbons (Fsp3) is 0.455. The Morgan fingerprint density at radius 1 is 1.17 bits per heavy atom. The standard InChI is InChI=1S/C22H27ClN8O3.ClH/c1-27-18-17(20(33)28(2)22(27)34)31-13-16(25-21(31)26-18)19(32)24-6-7-29-8-10-30(11-9-29)15-5-3-4-14(23)12-15;/h3-5,12,16H,6-11,13H2,1-2H3,(H,24,32)(H,25,26);1H. The fourth-order valence-corrected chi connectivity index (χ4v) is 4.81. The van der Waals surface area contributed by atoms with Gasteiger partial charge >= 0.3 is 5.69 Å². The van der Waals surface area contributed by atoms with Crippen molar-refractivity contribution in [3.8, 4) is 0 Å². The molecule has 0 bridgehead atoms. The largest absolute Gasteiger partial charge is 0.369 e. The van der Waals surface area contributed by atoms with Crippen LogP contribution in [0.25, 0.3) is 11.2 Å². The number of nitrogens with one attached hydrogen (secondary N) is 2. The number of fused-ring (bicyclic) bond motifs is 3. The van der Waals surface area contributed by atoms with E-state index in [1.807, 2.05) is 18.2 Å². The molecule has 2 aromatic heterocycles. The Bertz CT molecular complexity index is 1370. The lowest BCUT2D eigenvalue weighted by molar-refractivity contribution is -0.121. The van der Waals surface area contributed by atoms with Gasteiger partial charge in [0.1, 0.15) is 6.04 Å². The monoisotopic (exact) mass is 522 g/mol. The zero-order chi connectivity index (χ0) is 24.0. The van der Waals surface area contributed by atoms with Crippen LogP contribution >= 0.6 is 24.0 Å². The van der Waals surface area contributed by atoms with Gasteiger partial charge in [0.25, 0.3) is 5.56 Å². The fourth-order valence-electron chi connectivity index (χ4n) is 4.63. The van der Waals surface area contributed by atoms with Crippen molar-refractivity contribution in [3.05, 3.63) is 50.1 Å². The van der Waals surface area contributed by atoms with Crippen molar-refractivity contribution in [1.29, 1.82) is 0 Å². The summed E-state index contributed by atoms with van der Waals surface area (Å²) in [7, 11) is 3.01. The van der Waals surface area contributed by atoms with Gasteiger partial charge < -0.3 is 20.1 Å². The molecule has 0 radical (unpaired) electrons. The predicted octanol–water partition coefficient (Wildman–Crippen LogP) is 0.241. The Morgan fingerprint density at radius 3 is 2.63 bits per heavy atom. The minimum absolute atomic E-state index is 0. The SMILES string of the molecule is Cl.Cn1c(=O)c2c(nc3n2CC(C(=O)NCCN2CCN(c4cccc(Cl)c4)CC2)N3)n(C)c1=O. The first-order valence-electron chi connectivity index (χ1n) is 11.3. The molecule has 0 aliphatic carbocycles. The maximum atomic E-state index is 12.7. The van der Waals surface area contributed by atoms with Gasteiger partial charge in [-0.05, 0) is 18.2 Å². The predicted molar refractivity (Wildman–Crippen MR) is 138 cm³/mol. The molecule has 1 atom stereocenters. The van der Waals surface area contributed by atoms with Crippen molar-refractivity contribution in [2.45, 2.75) is 12.6 Å². The zero-order valence-electron chi connectivity index (χ0n) is 19.5. The van der Waals surface area contributed by atoms with Gasteiger partial charge in [0.05, 0.1) is 6.54 Å². The topological polar surface area (TPSA) is 109 Å². The molecule has 1 amide bonds. The van der Waals surface area contributed by atoms with Crippen molar-refractivity contribution in [3.63, 3.8) is 0 Å². The molecular weight excluding hydrogens is 495 g/mol. The number of rotatable bonds is 5. The molecule has 11 nitrogen and oxygen atoms in total. The average molecular weight is 523 g/mol. The molecule has 1 saturated heterocycles. The number of piperazine rings is 1. The zero-order valence-corrected chi connectivity index (χ0v) is 21.1. The second-order valence-corrected chi connectivity index (χ2v) is 9.16. The van der Waals surface area contributed by atoms with Crippen LogP contribution in [0, 0.1) is 0 Å². The van der Waals surface area contributed by atoms with Gasteiger partial charge in [0.2, 0.25) is 11.9 Å². The van der Waals surface area contributed by atoms with Crippen LogP contribution in [0.4, 0.5) is 11.6 Å². The van der Waals surface area contributed by atoms with Crippen LogP contribution in [0.2, 0.25) is 5.02 Å². The number of nitrogens with zero attached hydrogens (tertiary/aromatic N) is 6. The summed E-state index contributed by atoms with van der Waals surface area (Å²) in [6.07, 6.45) is 0. The van der Waals surface area contributed by atoms with Gasteiger partial charge in [0.15, 0.2) is 11.2 Å². The summed E-state index contributed by atoms with van der Waals surface area (Å²) in [5.41, 5.74) is 0.910. The second kappa shape index (κ2) is 9.92. The number of carbonyl (C=O) groups excluding carboxylic acids is 1. The molecule has 188 valence electrons. The third-order valence-electron chi connectivity index (χ3n) is 6.61. The summed E-state index contributed by atoms with van der Waals surface area (Å²) in [6.45, 7) is 5.21. The molecule has 1 unspecified atom stereocenters. The van der Waals surface area contributed by atoms with Crippen LogP contribution < -0.4 is 26.8 Å². The molecule has 0 saturated carbocycles. The van der Waals surface area contributed by atoms with Crippen molar-refractivity contribution in [2.24, 2.45) is 14.1 Å². The molecule has 2 aliphatic heterocycles. The van der Waals surface area contributed by atoms with E-state index in [1.165, 1.54) is 11.6 Å². The Labute approximate surface area is 212 Å². The highest BCUT2D eigenvalue weighted by molar-refractivity contribution is 6.30. The van der Waals surface area contributed by atoms with Crippen LogP contribution in [-0.4, -0.2) is 74.8 Å². The van der Waals surface area contributed by atoms with Crippen LogP contribution in [0.3, 0.4) is 0 Å². The number of halogens is 2. The molecule has 3 aromatic rings. The first-order valence-corrected chi connectivity index (χ1v) is 11.6. The maximum Gasteiger partial charge on any atom is 0.332 e. The van der Waals surface area contributed by atoms with E-state index in [2.05, 4.69) is 31.5 Å². The third kappa shape index (κ3) is 4.63. The summed E-state index contributed by atoms with van der Waals surface area (Å²) in [5.74, 6) is 0.281. The van der Waals surface area contributed by atoms with E-state index >= 15 is 0 Å². The van der Waals surface area contributed by atoms with Crippen LogP contribution in [0.15, 0.2) is 33.9 Å². The van der Waals surface area contributed by atoms with Crippen molar-refractivity contribution in [1.82, 2.24) is 28.9 Å². The van der Waals surface area contributed by atoms with E-state index in [9.17, 15) is 14.4 Å². The lowest BCUT2D eigenvalue weighted by Crippen LogP contribution is -2.49. The van der Waals surface area contributed by atoms with Gasteiger partial charge in [-0.2, -0.15) is 4.98 Å². The molecule has 2 aliphatic rings. The van der Waals surface area contributed by atoms with Crippen LogP contribution in [0.1, 0.15) is 0 Å². The van der Waals surface area contributed by atoms with Gasteiger partial charge in [-0.15, -0.1) is 12.4 Å². The number of aromatic nitrogens is 4. The molecule has 35 heavy (non-hydrogen) atoms. The third-order valence-corrected chi connectivity index (χ3v) is 6.84. The molecule has 4 heterocycles. The number of hydrogen-bond donors (Lipinski definition) is 2. The Hall–Kier alpha value is -3.02. The maximum absolute atomic E-state index is 12.7. The van der Waals surface area contributed by atoms with Crippen molar-refractivity contribution in [2.75, 3.05) is 49.5 Å². The lowest BCUT2D eigenvalue weighted by atomic mass is 10.2. The van der Waals surface area contributed by atoms with E-state index in [0.717, 1.165) is 48.0 Å². The van der Waals surface area contributed by atoms with E-state index in [1.54, 1.807) is 11.6 Å². The molecule has 0 spiro atoms. The van der Waals surface area contributed by atoms with E-state index in [4.69, 9.17) is 11.6 Å². The van der Waals surface area contributed by atoms with E-state index < -0.39 is 17.3 Å². The first kappa shape index (κ1) is 25.1. The summed E-state index contributed by atoms with van der Waals surface area (Å²) in [5, 5.41) is 6.81. The Balaban J connectivity index is 0.00000289. The number of amides is 1. The van der Waals surface area contributed by atoms with Crippen molar-refractivity contribution < 1.29 is 4.79 Å². The van der Waals surface area contributed by atoms with Crippen LogP contribution in [0.5, 0.6) is 0 Å². The van der Waals surface area contributed by atoms with Crippen molar-refractivity contribution >= 4 is 52.7 Å². The summed E-state index contributed by atoms with van der Waals surface area (Å²) in [4.78, 5) is 46.5. The minimum Gasteiger partial charge on any atom is -0.369 e. The summed E-state index contributed by atoms with van der Waals surface area (Å²) < 4.78 is 4.07. The first-order chi connectivity index (χ1) is 16.3. The summed E-state index contributed by atoms with van der Waals surface area (Å²) in [6, 6.07) is 7.37. The normalized spacial score (nSPS) is 17.7. The number of anilines is 2. The van der Waals surface area contributed by atoms with Crippen LogP contribution in [-0.2, 0) is 25.4 Å². The lowest BCUT2D eigenvalue weighted by Gasteiger charge is -2.36. The number of benzene rings is 1. The molecule has 13 heteroatoms. The average Bonchev–Trinajstić information content (AvgIpc) is 3.40. The van der Waals surface area contributed by atoms with Gasteiger partial charge in [0, 0.05) is 64.1 Å². The summed E-state index contributed by atoms with van der Waals surface area (Å²) >= 11 is 6.11. The highest BCUT2D eigenvalue weighted by atomic mass is 35.5. The highest BCUT2D eigenvalue weighted by Gasteiger charge is 2.31. The smallest absolute Gasteiger partial charge is 0.332 e. The van der Waals surface area contributed by atoms with E-state index in [-0.39, 0.29) is 24.9 Å². The molecule has 5 rings (SSSR count). The number of hydrogen-bond acceptors (Lipinski definition) is 7. The Morgan fingerprint density at radius 2 is 1.91 bits per heavy atom.